The van der Waals surface area contributed by atoms with Crippen LogP contribution in [0.2, 0.25) is 0 Å². The summed E-state index contributed by atoms with van der Waals surface area (Å²) < 4.78 is 0. The molecule has 0 aliphatic carbocycles. The molecular formula is C10H18FeO4. The van der Waals surface area contributed by atoms with E-state index in [-0.39, 0.29) is 28.9 Å². The van der Waals surface area contributed by atoms with E-state index in [0.29, 0.717) is 12.8 Å². The second kappa shape index (κ2) is 11.5. The van der Waals surface area contributed by atoms with Gasteiger partial charge in [0.05, 0.1) is 0 Å². The van der Waals surface area contributed by atoms with Crippen LogP contribution in [0.4, 0.5) is 0 Å². The first-order chi connectivity index (χ1) is 6.36. The Balaban J connectivity index is -0.000000180. The summed E-state index contributed by atoms with van der Waals surface area (Å²) in [5.74, 6) is -2.50. The van der Waals surface area contributed by atoms with Crippen LogP contribution in [0.5, 0.6) is 0 Å². The maximum absolute atomic E-state index is 9.82. The van der Waals surface area contributed by atoms with Crippen molar-refractivity contribution in [3.8, 4) is 0 Å². The molecule has 0 N–H and O–H groups in total. The van der Waals surface area contributed by atoms with Crippen molar-refractivity contribution in [3.63, 3.8) is 0 Å². The van der Waals surface area contributed by atoms with Crippen LogP contribution in [0.15, 0.2) is 0 Å². The molecule has 0 rings (SSSR count). The van der Waals surface area contributed by atoms with Gasteiger partial charge in [0.2, 0.25) is 0 Å². The molecule has 0 saturated heterocycles. The van der Waals surface area contributed by atoms with Crippen LogP contribution in [-0.2, 0) is 26.7 Å². The van der Waals surface area contributed by atoms with Gasteiger partial charge < -0.3 is 19.8 Å². The van der Waals surface area contributed by atoms with Gasteiger partial charge in [-0.25, -0.2) is 0 Å². The van der Waals surface area contributed by atoms with Gasteiger partial charge in [-0.3, -0.25) is 0 Å². The van der Waals surface area contributed by atoms with Crippen LogP contribution in [-0.4, -0.2) is 11.9 Å². The van der Waals surface area contributed by atoms with E-state index in [9.17, 15) is 19.8 Å². The van der Waals surface area contributed by atoms with Crippen molar-refractivity contribution in [3.05, 3.63) is 0 Å². The Labute approximate surface area is 102 Å². The molecule has 4 nitrogen and oxygen atoms in total. The smallest absolute Gasteiger partial charge is 0.550 e. The summed E-state index contributed by atoms with van der Waals surface area (Å²) in [5.41, 5.74) is 0. The summed E-state index contributed by atoms with van der Waals surface area (Å²) in [6.45, 7) is 6.91. The fourth-order valence-electron chi connectivity index (χ4n) is 0.333. The number of hydrogen-bond donors (Lipinski definition) is 0. The van der Waals surface area contributed by atoms with Crippen LogP contribution < -0.4 is 10.2 Å². The van der Waals surface area contributed by atoms with Crippen molar-refractivity contribution in [1.29, 1.82) is 0 Å². The molecule has 5 heteroatoms. The number of carboxylic acids is 2. The summed E-state index contributed by atoms with van der Waals surface area (Å²) in [4.78, 5) is 19.6. The van der Waals surface area contributed by atoms with Gasteiger partial charge in [0.25, 0.3) is 0 Å². The quantitative estimate of drug-likeness (QED) is 0.640. The minimum Gasteiger partial charge on any atom is -0.550 e. The molecule has 0 aromatic heterocycles. The van der Waals surface area contributed by atoms with Gasteiger partial charge in [-0.1, -0.05) is 27.7 Å². The zero-order valence-corrected chi connectivity index (χ0v) is 10.7. The third kappa shape index (κ3) is 13.5. The average molecular weight is 258 g/mol. The van der Waals surface area contributed by atoms with E-state index in [0.717, 1.165) is 0 Å². The molecule has 0 aliphatic rings. The molecule has 0 aliphatic heterocycles. The molecule has 15 heavy (non-hydrogen) atoms. The second-order valence-corrected chi connectivity index (χ2v) is 3.26. The van der Waals surface area contributed by atoms with Crippen LogP contribution in [0.25, 0.3) is 0 Å². The fraction of sp³-hybridized carbons (Fsp3) is 0.800. The molecule has 0 bridgehead atoms. The molecule has 0 heterocycles. The average Bonchev–Trinajstić information content (AvgIpc) is 2.15. The van der Waals surface area contributed by atoms with Gasteiger partial charge in [0.15, 0.2) is 0 Å². The van der Waals surface area contributed by atoms with Crippen LogP contribution in [0.3, 0.4) is 0 Å². The first-order valence-corrected chi connectivity index (χ1v) is 4.78. The second-order valence-electron chi connectivity index (χ2n) is 3.26. The largest absolute Gasteiger partial charge is 2.00 e. The predicted molar refractivity (Wildman–Crippen MR) is 48.9 cm³/mol. The number of carboxylic acid groups (broad SMARTS) is 2. The first-order valence-electron chi connectivity index (χ1n) is 4.78. The van der Waals surface area contributed by atoms with Gasteiger partial charge in [0.1, 0.15) is 0 Å². The van der Waals surface area contributed by atoms with Gasteiger partial charge in [-0.15, -0.1) is 0 Å². The van der Waals surface area contributed by atoms with E-state index in [4.69, 9.17) is 0 Å². The van der Waals surface area contributed by atoms with Crippen molar-refractivity contribution in [2.45, 2.75) is 40.5 Å². The van der Waals surface area contributed by atoms with Gasteiger partial charge in [-0.2, -0.15) is 0 Å². The van der Waals surface area contributed by atoms with E-state index in [1.165, 1.54) is 0 Å². The Hall–Kier alpha value is -0.541. The molecule has 90 valence electrons. The van der Waals surface area contributed by atoms with Gasteiger partial charge >= 0.3 is 17.1 Å². The summed E-state index contributed by atoms with van der Waals surface area (Å²) in [6.07, 6.45) is 1.31. The number of carbonyl (C=O) groups excluding carboxylic acids is 2. The first kappa shape index (κ1) is 19.9. The molecule has 2 unspecified atom stereocenters. The van der Waals surface area contributed by atoms with Crippen LogP contribution in [0.1, 0.15) is 40.5 Å². The Morgan fingerprint density at radius 2 is 1.13 bits per heavy atom. The van der Waals surface area contributed by atoms with Gasteiger partial charge in [0, 0.05) is 11.9 Å². The maximum Gasteiger partial charge on any atom is 2.00 e. The molecule has 0 amide bonds. The molecule has 0 fully saturated rings. The normalized spacial score (nSPS) is 12.5. The molecule has 0 saturated carbocycles. The monoisotopic (exact) mass is 258 g/mol. The van der Waals surface area contributed by atoms with Gasteiger partial charge in [-0.05, 0) is 24.7 Å². The third-order valence-corrected chi connectivity index (χ3v) is 2.03. The molecule has 2 atom stereocenters. The number of rotatable bonds is 4. The van der Waals surface area contributed by atoms with Crippen molar-refractivity contribution in [1.82, 2.24) is 0 Å². The molecule has 0 aromatic carbocycles. The standard InChI is InChI=1S/2C5H10O2.Fe/c2*1-3-4(2)5(6)7;/h2*4H,3H2,1-2H3,(H,6,7);/q;;+2/p-2. The van der Waals surface area contributed by atoms with Crippen molar-refractivity contribution in [2.24, 2.45) is 11.8 Å². The van der Waals surface area contributed by atoms with Crippen molar-refractivity contribution >= 4 is 11.9 Å². The minimum atomic E-state index is -0.956. The summed E-state index contributed by atoms with van der Waals surface area (Å²) in [5, 5.41) is 19.6. The maximum atomic E-state index is 9.82. The minimum absolute atomic E-state index is 0. The zero-order chi connectivity index (χ0) is 11.7. The Bertz CT molecular complexity index is 162. The molecular weight excluding hydrogens is 240 g/mol. The predicted octanol–water partition coefficient (Wildman–Crippen LogP) is -0.438. The van der Waals surface area contributed by atoms with E-state index >= 15 is 0 Å². The Kier molecular flexibility index (Phi) is 15.3. The summed E-state index contributed by atoms with van der Waals surface area (Å²) in [7, 11) is 0. The summed E-state index contributed by atoms with van der Waals surface area (Å²) >= 11 is 0. The molecule has 0 aromatic rings. The number of hydrogen-bond acceptors (Lipinski definition) is 4. The van der Waals surface area contributed by atoms with Crippen molar-refractivity contribution < 1.29 is 36.9 Å². The topological polar surface area (TPSA) is 80.3 Å². The number of aliphatic carboxylic acids is 2. The van der Waals surface area contributed by atoms with Crippen LogP contribution >= 0.6 is 0 Å². The Morgan fingerprint density at radius 3 is 1.13 bits per heavy atom. The molecule has 0 radical (unpaired) electrons. The Morgan fingerprint density at radius 1 is 0.933 bits per heavy atom. The summed E-state index contributed by atoms with van der Waals surface area (Å²) in [6, 6.07) is 0. The number of carbonyl (C=O) groups is 2. The molecule has 0 spiro atoms. The van der Waals surface area contributed by atoms with Crippen molar-refractivity contribution in [2.75, 3.05) is 0 Å². The van der Waals surface area contributed by atoms with E-state index in [1.807, 2.05) is 13.8 Å². The van der Waals surface area contributed by atoms with E-state index in [2.05, 4.69) is 0 Å². The zero-order valence-electron chi connectivity index (χ0n) is 9.56. The van der Waals surface area contributed by atoms with E-state index in [1.54, 1.807) is 13.8 Å². The SMILES string of the molecule is CCC(C)C(=O)[O-].CCC(C)C(=O)[O-].[Fe+2]. The third-order valence-electron chi connectivity index (χ3n) is 2.03. The van der Waals surface area contributed by atoms with Crippen LogP contribution in [0, 0.1) is 11.8 Å². The van der Waals surface area contributed by atoms with E-state index < -0.39 is 11.9 Å². The fourth-order valence-corrected chi connectivity index (χ4v) is 0.333.